The molecule has 0 radical (unpaired) electrons. The molecule has 0 aliphatic carbocycles. The maximum atomic E-state index is 12.7. The summed E-state index contributed by atoms with van der Waals surface area (Å²) in [5.41, 5.74) is 2.11. The lowest BCUT2D eigenvalue weighted by Crippen LogP contribution is -1.97. The smallest absolute Gasteiger partial charge is 0.123 e. The van der Waals surface area contributed by atoms with Crippen molar-refractivity contribution >= 4 is 5.57 Å². The van der Waals surface area contributed by atoms with Gasteiger partial charge in [-0.3, -0.25) is 0 Å². The van der Waals surface area contributed by atoms with Gasteiger partial charge in [-0.2, -0.15) is 0 Å². The lowest BCUT2D eigenvalue weighted by Gasteiger charge is -2.06. The van der Waals surface area contributed by atoms with Gasteiger partial charge in [0.1, 0.15) is 5.82 Å². The van der Waals surface area contributed by atoms with E-state index in [0.29, 0.717) is 13.2 Å². The van der Waals surface area contributed by atoms with E-state index < -0.39 is 0 Å². The fraction of sp³-hybridized carbons (Fsp3) is 0.333. The quantitative estimate of drug-likeness (QED) is 0.714. The molecule has 1 nitrogen and oxygen atoms in total. The van der Waals surface area contributed by atoms with E-state index in [1.54, 1.807) is 12.1 Å². The van der Waals surface area contributed by atoms with Crippen LogP contribution in [0.5, 0.6) is 0 Å². The van der Waals surface area contributed by atoms with Gasteiger partial charge in [0.05, 0.1) is 6.61 Å². The molecule has 0 aliphatic rings. The summed E-state index contributed by atoms with van der Waals surface area (Å²) in [5.74, 6) is -0.208. The fourth-order valence-corrected chi connectivity index (χ4v) is 1.21. The van der Waals surface area contributed by atoms with Gasteiger partial charge in [-0.05, 0) is 37.1 Å². The molecular weight excluding hydrogens is 179 g/mol. The summed E-state index contributed by atoms with van der Waals surface area (Å²) < 4.78 is 18.0. The van der Waals surface area contributed by atoms with Gasteiger partial charge in [0.15, 0.2) is 0 Å². The topological polar surface area (TPSA) is 9.23 Å². The second-order valence-corrected chi connectivity index (χ2v) is 2.96. The zero-order valence-corrected chi connectivity index (χ0v) is 8.59. The highest BCUT2D eigenvalue weighted by Crippen LogP contribution is 2.15. The predicted molar refractivity (Wildman–Crippen MR) is 56.5 cm³/mol. The van der Waals surface area contributed by atoms with Gasteiger partial charge >= 0.3 is 0 Å². The molecule has 14 heavy (non-hydrogen) atoms. The number of ether oxygens (including phenoxy) is 1. The minimum absolute atomic E-state index is 0.208. The first kappa shape index (κ1) is 10.9. The summed E-state index contributed by atoms with van der Waals surface area (Å²) in [6, 6.07) is 6.46. The van der Waals surface area contributed by atoms with Crippen molar-refractivity contribution in [2.24, 2.45) is 0 Å². The van der Waals surface area contributed by atoms with Crippen molar-refractivity contribution in [1.82, 2.24) is 0 Å². The van der Waals surface area contributed by atoms with Crippen LogP contribution in [-0.4, -0.2) is 13.2 Å². The van der Waals surface area contributed by atoms with Crippen molar-refractivity contribution in [2.75, 3.05) is 13.2 Å². The summed E-state index contributed by atoms with van der Waals surface area (Å²) in [4.78, 5) is 0. The molecule has 0 saturated carbocycles. The molecule has 0 amide bonds. The Labute approximate surface area is 84.2 Å². The minimum atomic E-state index is -0.208. The van der Waals surface area contributed by atoms with Gasteiger partial charge in [-0.15, -0.1) is 0 Å². The number of hydrogen-bond donors (Lipinski definition) is 0. The highest BCUT2D eigenvalue weighted by atomic mass is 19.1. The molecule has 0 bridgehead atoms. The zero-order chi connectivity index (χ0) is 10.4. The first-order valence-electron chi connectivity index (χ1n) is 4.76. The van der Waals surface area contributed by atoms with E-state index in [2.05, 4.69) is 0 Å². The third-order valence-corrected chi connectivity index (χ3v) is 2.03. The van der Waals surface area contributed by atoms with E-state index in [0.717, 1.165) is 11.1 Å². The minimum Gasteiger partial charge on any atom is -0.377 e. The van der Waals surface area contributed by atoms with Crippen LogP contribution in [0.2, 0.25) is 0 Å². The van der Waals surface area contributed by atoms with Crippen LogP contribution < -0.4 is 0 Å². The maximum absolute atomic E-state index is 12.7. The van der Waals surface area contributed by atoms with Crippen molar-refractivity contribution in [1.29, 1.82) is 0 Å². The number of rotatable bonds is 4. The molecule has 1 aromatic carbocycles. The highest BCUT2D eigenvalue weighted by Gasteiger charge is 2.00. The molecule has 0 aliphatic heterocycles. The Morgan fingerprint density at radius 2 is 2.00 bits per heavy atom. The lowest BCUT2D eigenvalue weighted by molar-refractivity contribution is 0.182. The second kappa shape index (κ2) is 5.55. The SMILES string of the molecule is C/C=C(\COCC)c1ccc(F)cc1. The van der Waals surface area contributed by atoms with E-state index in [9.17, 15) is 4.39 Å². The molecule has 1 aromatic rings. The third kappa shape index (κ3) is 2.96. The third-order valence-electron chi connectivity index (χ3n) is 2.03. The molecule has 0 fully saturated rings. The summed E-state index contributed by atoms with van der Waals surface area (Å²) in [5, 5.41) is 0. The molecule has 0 unspecified atom stereocenters. The standard InChI is InChI=1S/C12H15FO/c1-3-10(9-14-4-2)11-5-7-12(13)8-6-11/h3,5-8H,4,9H2,1-2H3/b10-3+. The molecule has 0 saturated heterocycles. The molecule has 2 heteroatoms. The van der Waals surface area contributed by atoms with E-state index in [1.807, 2.05) is 19.9 Å². The van der Waals surface area contributed by atoms with Crippen LogP contribution in [0.4, 0.5) is 4.39 Å². The zero-order valence-electron chi connectivity index (χ0n) is 8.59. The number of halogens is 1. The number of hydrogen-bond acceptors (Lipinski definition) is 1. The van der Waals surface area contributed by atoms with Crippen molar-refractivity contribution in [3.05, 3.63) is 41.7 Å². The van der Waals surface area contributed by atoms with Crippen LogP contribution in [0.1, 0.15) is 19.4 Å². The van der Waals surface area contributed by atoms with Crippen LogP contribution >= 0.6 is 0 Å². The van der Waals surface area contributed by atoms with Crippen LogP contribution in [0, 0.1) is 5.82 Å². The largest absolute Gasteiger partial charge is 0.377 e. The lowest BCUT2D eigenvalue weighted by atomic mass is 10.1. The van der Waals surface area contributed by atoms with Gasteiger partial charge in [-0.1, -0.05) is 18.2 Å². The normalized spacial score (nSPS) is 11.8. The molecule has 0 aromatic heterocycles. The molecule has 0 spiro atoms. The Kier molecular flexibility index (Phi) is 4.33. The summed E-state index contributed by atoms with van der Waals surface area (Å²) in [7, 11) is 0. The molecule has 1 rings (SSSR count). The van der Waals surface area contributed by atoms with Crippen molar-refractivity contribution in [2.45, 2.75) is 13.8 Å². The first-order valence-corrected chi connectivity index (χ1v) is 4.76. The Morgan fingerprint density at radius 3 is 2.50 bits per heavy atom. The predicted octanol–water partition coefficient (Wildman–Crippen LogP) is 3.27. The maximum Gasteiger partial charge on any atom is 0.123 e. The molecule has 0 atom stereocenters. The van der Waals surface area contributed by atoms with Gasteiger partial charge in [0, 0.05) is 6.61 Å². The van der Waals surface area contributed by atoms with Crippen molar-refractivity contribution in [3.63, 3.8) is 0 Å². The van der Waals surface area contributed by atoms with E-state index in [-0.39, 0.29) is 5.82 Å². The Morgan fingerprint density at radius 1 is 1.36 bits per heavy atom. The monoisotopic (exact) mass is 194 g/mol. The fourth-order valence-electron chi connectivity index (χ4n) is 1.21. The van der Waals surface area contributed by atoms with Crippen LogP contribution in [0.25, 0.3) is 5.57 Å². The highest BCUT2D eigenvalue weighted by molar-refractivity contribution is 5.65. The van der Waals surface area contributed by atoms with Gasteiger partial charge in [0.2, 0.25) is 0 Å². The Bertz CT molecular complexity index is 301. The van der Waals surface area contributed by atoms with Crippen molar-refractivity contribution in [3.8, 4) is 0 Å². The molecular formula is C12H15FO. The van der Waals surface area contributed by atoms with Crippen molar-refractivity contribution < 1.29 is 9.13 Å². The van der Waals surface area contributed by atoms with E-state index >= 15 is 0 Å². The first-order chi connectivity index (χ1) is 6.77. The molecule has 0 N–H and O–H groups in total. The summed E-state index contributed by atoms with van der Waals surface area (Å²) >= 11 is 0. The van der Waals surface area contributed by atoms with E-state index in [4.69, 9.17) is 4.74 Å². The number of benzene rings is 1. The average Bonchev–Trinajstić information content (AvgIpc) is 2.21. The van der Waals surface area contributed by atoms with Gasteiger partial charge < -0.3 is 4.74 Å². The van der Waals surface area contributed by atoms with Crippen LogP contribution in [0.3, 0.4) is 0 Å². The summed E-state index contributed by atoms with van der Waals surface area (Å²) in [6.45, 7) is 5.19. The van der Waals surface area contributed by atoms with E-state index in [1.165, 1.54) is 12.1 Å². The number of allylic oxidation sites excluding steroid dienone is 1. The summed E-state index contributed by atoms with van der Waals surface area (Å²) in [6.07, 6.45) is 1.99. The van der Waals surface area contributed by atoms with Gasteiger partial charge in [-0.25, -0.2) is 4.39 Å². The molecule has 0 heterocycles. The second-order valence-electron chi connectivity index (χ2n) is 2.96. The Hall–Kier alpha value is -1.15. The van der Waals surface area contributed by atoms with Crippen LogP contribution in [0.15, 0.2) is 30.3 Å². The average molecular weight is 194 g/mol. The Balaban J connectivity index is 2.75. The van der Waals surface area contributed by atoms with Gasteiger partial charge in [0.25, 0.3) is 0 Å². The van der Waals surface area contributed by atoms with Crippen LogP contribution in [-0.2, 0) is 4.74 Å². The molecule has 76 valence electrons.